The topological polar surface area (TPSA) is 81.9 Å². The van der Waals surface area contributed by atoms with Gasteiger partial charge in [0.1, 0.15) is 5.75 Å². The van der Waals surface area contributed by atoms with Crippen molar-refractivity contribution in [3.8, 4) is 17.0 Å². The summed E-state index contributed by atoms with van der Waals surface area (Å²) in [7, 11) is 0. The quantitative estimate of drug-likeness (QED) is 0.467. The zero-order valence-electron chi connectivity index (χ0n) is 16.0. The molecule has 3 heterocycles. The molecular weight excluding hydrogens is 412 g/mol. The molecule has 10 heteroatoms. The second-order valence-corrected chi connectivity index (χ2v) is 7.54. The Morgan fingerprint density at radius 3 is 2.80 bits per heavy atom. The van der Waals surface area contributed by atoms with Crippen LogP contribution < -0.4 is 10.1 Å². The zero-order valence-corrected chi connectivity index (χ0v) is 16.9. The number of benzene rings is 1. The summed E-state index contributed by atoms with van der Waals surface area (Å²) in [5.74, 6) is -0.354. The van der Waals surface area contributed by atoms with Gasteiger partial charge in [0.15, 0.2) is 10.8 Å². The van der Waals surface area contributed by atoms with Gasteiger partial charge < -0.3 is 4.74 Å². The van der Waals surface area contributed by atoms with Gasteiger partial charge in [0, 0.05) is 28.6 Å². The standard InChI is InChI=1S/C20H17F2N5O2S/c1-11(2)27-17-12(9-24-27)7-13(8-23-17)18(28)26-20-25-15(10-30-20)14-5-3-4-6-16(14)29-19(21)22/h3-11,19H,1-2H3,(H,25,26,28). The molecule has 0 fully saturated rings. The lowest BCUT2D eigenvalue weighted by Gasteiger charge is -2.08. The normalized spacial score (nSPS) is 11.4. The number of amides is 1. The number of ether oxygens (including phenoxy) is 1. The van der Waals surface area contributed by atoms with Crippen LogP contribution in [0.25, 0.3) is 22.3 Å². The van der Waals surface area contributed by atoms with Crippen LogP contribution in [0.3, 0.4) is 0 Å². The molecule has 1 amide bonds. The van der Waals surface area contributed by atoms with Crippen molar-refractivity contribution >= 4 is 33.4 Å². The van der Waals surface area contributed by atoms with E-state index in [0.29, 0.717) is 27.6 Å². The third-order valence-electron chi connectivity index (χ3n) is 4.29. The fourth-order valence-electron chi connectivity index (χ4n) is 2.94. The molecule has 154 valence electrons. The number of fused-ring (bicyclic) bond motifs is 1. The van der Waals surface area contributed by atoms with Crippen LogP contribution in [0.2, 0.25) is 0 Å². The van der Waals surface area contributed by atoms with Crippen molar-refractivity contribution < 1.29 is 18.3 Å². The van der Waals surface area contributed by atoms with E-state index in [0.717, 1.165) is 5.39 Å². The predicted molar refractivity (Wildman–Crippen MR) is 110 cm³/mol. The molecule has 3 aromatic heterocycles. The number of carbonyl (C=O) groups is 1. The number of anilines is 1. The lowest BCUT2D eigenvalue weighted by molar-refractivity contribution is -0.0494. The SMILES string of the molecule is CC(C)n1ncc2cc(C(=O)Nc3nc(-c4ccccc4OC(F)F)cs3)cnc21. The Balaban J connectivity index is 1.54. The number of carbonyl (C=O) groups excluding carboxylic acids is 1. The Bertz CT molecular complexity index is 1200. The van der Waals surface area contributed by atoms with E-state index in [-0.39, 0.29) is 17.7 Å². The molecule has 0 unspecified atom stereocenters. The van der Waals surface area contributed by atoms with Gasteiger partial charge in [0.2, 0.25) is 0 Å². The molecule has 4 aromatic rings. The number of para-hydroxylation sites is 1. The number of aromatic nitrogens is 4. The van der Waals surface area contributed by atoms with E-state index < -0.39 is 6.61 Å². The number of pyridine rings is 1. The molecule has 7 nitrogen and oxygen atoms in total. The second-order valence-electron chi connectivity index (χ2n) is 6.69. The Hall–Kier alpha value is -3.40. The summed E-state index contributed by atoms with van der Waals surface area (Å²) < 4.78 is 31.6. The molecule has 0 aliphatic rings. The van der Waals surface area contributed by atoms with E-state index >= 15 is 0 Å². The Labute approximate surface area is 174 Å². The molecule has 1 N–H and O–H groups in total. The van der Waals surface area contributed by atoms with Gasteiger partial charge in [0.05, 0.1) is 17.5 Å². The van der Waals surface area contributed by atoms with Crippen molar-refractivity contribution in [1.29, 1.82) is 0 Å². The van der Waals surface area contributed by atoms with E-state index in [1.807, 2.05) is 13.8 Å². The minimum absolute atomic E-state index is 0.0208. The average molecular weight is 429 g/mol. The first-order valence-corrected chi connectivity index (χ1v) is 9.94. The van der Waals surface area contributed by atoms with Gasteiger partial charge in [-0.2, -0.15) is 13.9 Å². The van der Waals surface area contributed by atoms with Gasteiger partial charge in [-0.15, -0.1) is 11.3 Å². The molecule has 0 bridgehead atoms. The van der Waals surface area contributed by atoms with E-state index in [1.165, 1.54) is 23.6 Å². The summed E-state index contributed by atoms with van der Waals surface area (Å²) in [5.41, 5.74) is 1.91. The Kier molecular flexibility index (Phi) is 5.40. The number of hydrogen-bond acceptors (Lipinski definition) is 6. The second kappa shape index (κ2) is 8.15. The van der Waals surface area contributed by atoms with Gasteiger partial charge >= 0.3 is 6.61 Å². The summed E-state index contributed by atoms with van der Waals surface area (Å²) in [4.78, 5) is 21.3. The Morgan fingerprint density at radius 1 is 1.23 bits per heavy atom. The van der Waals surface area contributed by atoms with Crippen LogP contribution in [0.4, 0.5) is 13.9 Å². The first-order valence-electron chi connectivity index (χ1n) is 9.06. The van der Waals surface area contributed by atoms with Crippen LogP contribution >= 0.6 is 11.3 Å². The first kappa shape index (κ1) is 19.9. The van der Waals surface area contributed by atoms with Crippen molar-refractivity contribution in [2.75, 3.05) is 5.32 Å². The minimum atomic E-state index is -2.94. The monoisotopic (exact) mass is 429 g/mol. The fraction of sp³-hybridized carbons (Fsp3) is 0.200. The molecule has 0 radical (unpaired) electrons. The van der Waals surface area contributed by atoms with Gasteiger partial charge in [-0.1, -0.05) is 12.1 Å². The number of rotatable bonds is 6. The molecule has 0 atom stereocenters. The van der Waals surface area contributed by atoms with Crippen molar-refractivity contribution in [2.24, 2.45) is 0 Å². The lowest BCUT2D eigenvalue weighted by Crippen LogP contribution is -2.12. The maximum atomic E-state index is 12.6. The predicted octanol–water partition coefficient (Wildman–Crippen LogP) is 4.99. The van der Waals surface area contributed by atoms with Crippen molar-refractivity contribution in [3.05, 3.63) is 53.7 Å². The van der Waals surface area contributed by atoms with Crippen molar-refractivity contribution in [3.63, 3.8) is 0 Å². The van der Waals surface area contributed by atoms with Crippen molar-refractivity contribution in [1.82, 2.24) is 19.7 Å². The highest BCUT2D eigenvalue weighted by Gasteiger charge is 2.16. The van der Waals surface area contributed by atoms with Crippen LogP contribution in [0.5, 0.6) is 5.75 Å². The lowest BCUT2D eigenvalue weighted by atomic mass is 10.1. The van der Waals surface area contributed by atoms with E-state index in [1.54, 1.807) is 40.5 Å². The van der Waals surface area contributed by atoms with Crippen LogP contribution in [-0.4, -0.2) is 32.3 Å². The van der Waals surface area contributed by atoms with Crippen LogP contribution in [0.15, 0.2) is 48.1 Å². The number of thiazole rings is 1. The highest BCUT2D eigenvalue weighted by Crippen LogP contribution is 2.33. The maximum absolute atomic E-state index is 12.6. The third-order valence-corrected chi connectivity index (χ3v) is 5.05. The molecule has 30 heavy (non-hydrogen) atoms. The maximum Gasteiger partial charge on any atom is 0.387 e. The van der Waals surface area contributed by atoms with E-state index in [9.17, 15) is 13.6 Å². The number of nitrogens with zero attached hydrogens (tertiary/aromatic N) is 4. The molecule has 0 aliphatic carbocycles. The van der Waals surface area contributed by atoms with Gasteiger partial charge in [-0.25, -0.2) is 14.6 Å². The van der Waals surface area contributed by atoms with Crippen LogP contribution in [0, 0.1) is 0 Å². The van der Waals surface area contributed by atoms with E-state index in [4.69, 9.17) is 0 Å². The molecule has 0 spiro atoms. The largest absolute Gasteiger partial charge is 0.434 e. The first-order chi connectivity index (χ1) is 14.4. The molecular formula is C20H17F2N5O2S. The smallest absolute Gasteiger partial charge is 0.387 e. The zero-order chi connectivity index (χ0) is 21.3. The third kappa shape index (κ3) is 3.99. The molecule has 1 aromatic carbocycles. The molecule has 4 rings (SSSR count). The van der Waals surface area contributed by atoms with Gasteiger partial charge in [-0.05, 0) is 32.0 Å². The Morgan fingerprint density at radius 2 is 2.03 bits per heavy atom. The van der Waals surface area contributed by atoms with Crippen molar-refractivity contribution in [2.45, 2.75) is 26.5 Å². The van der Waals surface area contributed by atoms with Gasteiger partial charge in [-0.3, -0.25) is 10.1 Å². The number of hydrogen-bond donors (Lipinski definition) is 1. The highest BCUT2D eigenvalue weighted by atomic mass is 32.1. The van der Waals surface area contributed by atoms with Gasteiger partial charge in [0.25, 0.3) is 5.91 Å². The average Bonchev–Trinajstić information content (AvgIpc) is 3.34. The van der Waals surface area contributed by atoms with Crippen LogP contribution in [-0.2, 0) is 0 Å². The van der Waals surface area contributed by atoms with E-state index in [2.05, 4.69) is 25.1 Å². The summed E-state index contributed by atoms with van der Waals surface area (Å²) in [6.45, 7) is 1.06. The summed E-state index contributed by atoms with van der Waals surface area (Å²) in [6, 6.07) is 8.23. The summed E-state index contributed by atoms with van der Waals surface area (Å²) in [6.07, 6.45) is 3.15. The highest BCUT2D eigenvalue weighted by molar-refractivity contribution is 7.14. The van der Waals surface area contributed by atoms with Crippen LogP contribution in [0.1, 0.15) is 30.2 Å². The number of nitrogens with one attached hydrogen (secondary N) is 1. The summed E-state index contributed by atoms with van der Waals surface area (Å²) >= 11 is 1.18. The summed E-state index contributed by atoms with van der Waals surface area (Å²) in [5, 5.41) is 9.76. The molecule has 0 aliphatic heterocycles. The molecule has 0 saturated heterocycles. The minimum Gasteiger partial charge on any atom is -0.434 e. The fourth-order valence-corrected chi connectivity index (χ4v) is 3.65. The molecule has 0 saturated carbocycles. The number of alkyl halides is 2. The number of halogens is 2.